The summed E-state index contributed by atoms with van der Waals surface area (Å²) in [5.74, 6) is 0.362. The fraction of sp³-hybridized carbons (Fsp3) is 0.438. The lowest BCUT2D eigenvalue weighted by atomic mass is 10.2. The van der Waals surface area contributed by atoms with Gasteiger partial charge in [0.25, 0.3) is 0 Å². The second-order valence-electron chi connectivity index (χ2n) is 6.27. The molecule has 0 saturated carbocycles. The molecule has 2 aromatic rings. The summed E-state index contributed by atoms with van der Waals surface area (Å²) in [6.45, 7) is 8.24. The highest BCUT2D eigenvalue weighted by Crippen LogP contribution is 2.25. The molecule has 2 rings (SSSR count). The van der Waals surface area contributed by atoms with Gasteiger partial charge in [-0.15, -0.1) is 6.58 Å². The highest BCUT2D eigenvalue weighted by atomic mass is 127. The van der Waals surface area contributed by atoms with Crippen LogP contribution >= 0.6 is 22.6 Å². The Labute approximate surface area is 156 Å². The largest absolute Gasteiger partial charge is 0.444 e. The van der Waals surface area contributed by atoms with Crippen molar-refractivity contribution in [2.75, 3.05) is 5.73 Å². The molecular weight excluding hydrogens is 421 g/mol. The first kappa shape index (κ1) is 17.0. The highest BCUT2D eigenvalue weighted by Gasteiger charge is 2.20. The Bertz CT molecular complexity index is 787. The maximum Gasteiger partial charge on any atom is 0.407 e. The van der Waals surface area contributed by atoms with Gasteiger partial charge in [0.05, 0.1) is 12.8 Å². The maximum absolute atomic E-state index is 12.1. The Morgan fingerprint density at radius 2 is 2.33 bits per heavy atom. The number of carbonyl (C=O) groups excluding carboxylic acids is 1. The summed E-state index contributed by atoms with van der Waals surface area (Å²) in [7, 11) is 0. The van der Waals surface area contributed by atoms with Crippen molar-refractivity contribution in [3.63, 3.8) is 0 Å². The Morgan fingerprint density at radius 3 is 2.96 bits per heavy atom. The summed E-state index contributed by atoms with van der Waals surface area (Å²) < 4.78 is 16.4. The number of hydrogen-bond donors (Lipinski definition) is 2. The van der Waals surface area contributed by atoms with E-state index < -0.39 is 24.3 Å². The minimum absolute atomic E-state index is 0.362. The van der Waals surface area contributed by atoms with Crippen LogP contribution in [0.15, 0.2) is 25.2 Å². The van der Waals surface area contributed by atoms with Crippen molar-refractivity contribution in [2.45, 2.75) is 45.4 Å². The summed E-state index contributed by atoms with van der Waals surface area (Å²) in [6.07, 6.45) is 4.63. The molecule has 1 unspecified atom stereocenters. The summed E-state index contributed by atoms with van der Waals surface area (Å²) >= 11 is 2.13. The van der Waals surface area contributed by atoms with Gasteiger partial charge in [-0.25, -0.2) is 14.8 Å². The number of anilines is 1. The molecule has 0 aliphatic heterocycles. The molecule has 0 aliphatic carbocycles. The number of ether oxygens (including phenoxy) is 1. The first-order chi connectivity index (χ1) is 11.6. The second kappa shape index (κ2) is 7.37. The highest BCUT2D eigenvalue weighted by molar-refractivity contribution is 14.1. The first-order valence-corrected chi connectivity index (χ1v) is 8.51. The van der Waals surface area contributed by atoms with E-state index in [0.717, 1.165) is 3.57 Å². The number of hydrogen-bond acceptors (Lipinski definition) is 5. The monoisotopic (exact) mass is 444 g/mol. The topological polar surface area (TPSA) is 95.1 Å². The lowest BCUT2D eigenvalue weighted by Gasteiger charge is -2.23. The van der Waals surface area contributed by atoms with Gasteiger partial charge in [0.15, 0.2) is 0 Å². The zero-order valence-electron chi connectivity index (χ0n) is 14.9. The molecule has 0 fully saturated rings. The lowest BCUT2D eigenvalue weighted by Crippen LogP contribution is -2.41. The average molecular weight is 444 g/mol. The molecule has 7 nitrogen and oxygen atoms in total. The number of amides is 1. The number of nitrogens with zero attached hydrogens (tertiary/aromatic N) is 3. The van der Waals surface area contributed by atoms with E-state index in [4.69, 9.17) is 11.8 Å². The minimum Gasteiger partial charge on any atom is -0.444 e. The predicted molar refractivity (Wildman–Crippen MR) is 103 cm³/mol. The molecule has 0 bridgehead atoms. The van der Waals surface area contributed by atoms with Crippen LogP contribution in [0.5, 0.6) is 0 Å². The average Bonchev–Trinajstić information content (AvgIpc) is 2.82. The second-order valence-corrected chi connectivity index (χ2v) is 7.43. The van der Waals surface area contributed by atoms with Crippen LogP contribution in [-0.4, -0.2) is 32.3 Å². The fourth-order valence-electron chi connectivity index (χ4n) is 2.17. The summed E-state index contributed by atoms with van der Waals surface area (Å²) in [5.41, 5.74) is 5.86. The van der Waals surface area contributed by atoms with Crippen molar-refractivity contribution in [3.8, 4) is 0 Å². The van der Waals surface area contributed by atoms with Crippen molar-refractivity contribution >= 4 is 45.5 Å². The van der Waals surface area contributed by atoms with Crippen molar-refractivity contribution < 1.29 is 10.9 Å². The lowest BCUT2D eigenvalue weighted by molar-refractivity contribution is 0.0500. The number of alkyl carbamates (subject to hydrolysis) is 1. The third kappa shape index (κ3) is 4.59. The number of fused-ring (bicyclic) bond motifs is 1. The van der Waals surface area contributed by atoms with E-state index in [9.17, 15) is 4.79 Å². The molecule has 130 valence electrons. The van der Waals surface area contributed by atoms with Gasteiger partial charge in [0.2, 0.25) is 0 Å². The van der Waals surface area contributed by atoms with Crippen LogP contribution < -0.4 is 11.1 Å². The molecule has 24 heavy (non-hydrogen) atoms. The van der Waals surface area contributed by atoms with E-state index in [-0.39, 0.29) is 0 Å². The number of halogens is 1. The van der Waals surface area contributed by atoms with Gasteiger partial charge in [0.1, 0.15) is 23.4 Å². The van der Waals surface area contributed by atoms with Gasteiger partial charge in [0, 0.05) is 16.3 Å². The molecule has 2 heterocycles. The van der Waals surface area contributed by atoms with Crippen LogP contribution in [0.2, 0.25) is 0 Å². The molecule has 0 aliphatic rings. The van der Waals surface area contributed by atoms with Crippen LogP contribution in [-0.2, 0) is 11.3 Å². The third-order valence-electron chi connectivity index (χ3n) is 3.06. The van der Waals surface area contributed by atoms with E-state index in [1.807, 2.05) is 0 Å². The Balaban J connectivity index is 2.32. The molecule has 3 N–H and O–H groups in total. The van der Waals surface area contributed by atoms with E-state index >= 15 is 0 Å². The Morgan fingerprint density at radius 1 is 1.62 bits per heavy atom. The maximum atomic E-state index is 12.1. The summed E-state index contributed by atoms with van der Waals surface area (Å²) in [6, 6.07) is -0.532. The van der Waals surface area contributed by atoms with Gasteiger partial charge in [-0.05, 0) is 49.8 Å². The molecular formula is C16H22IN5O2. The van der Waals surface area contributed by atoms with Crippen molar-refractivity contribution in [3.05, 3.63) is 28.7 Å². The number of aromatic nitrogens is 3. The Hall–Kier alpha value is -1.84. The zero-order chi connectivity index (χ0) is 18.8. The van der Waals surface area contributed by atoms with Crippen molar-refractivity contribution in [1.82, 2.24) is 19.9 Å². The predicted octanol–water partition coefficient (Wildman–Crippen LogP) is 3.09. The van der Waals surface area contributed by atoms with E-state index in [1.165, 1.54) is 6.33 Å². The molecule has 2 atom stereocenters. The van der Waals surface area contributed by atoms with Gasteiger partial charge in [-0.3, -0.25) is 0 Å². The van der Waals surface area contributed by atoms with Crippen molar-refractivity contribution in [1.29, 1.82) is 0 Å². The Kier molecular flexibility index (Phi) is 5.22. The quantitative estimate of drug-likeness (QED) is 0.546. The van der Waals surface area contributed by atoms with E-state index in [2.05, 4.69) is 44.5 Å². The van der Waals surface area contributed by atoms with Gasteiger partial charge in [-0.2, -0.15) is 0 Å². The summed E-state index contributed by atoms with van der Waals surface area (Å²) in [5, 5.41) is 3.45. The van der Waals surface area contributed by atoms with Gasteiger partial charge >= 0.3 is 6.09 Å². The number of nitrogens with one attached hydrogen (secondary N) is 1. The molecule has 0 radical (unpaired) electrons. The van der Waals surface area contributed by atoms with Gasteiger partial charge in [-0.1, -0.05) is 6.08 Å². The molecule has 0 aromatic carbocycles. The third-order valence-corrected chi connectivity index (χ3v) is 3.87. The van der Waals surface area contributed by atoms with E-state index in [0.29, 0.717) is 23.3 Å². The van der Waals surface area contributed by atoms with Crippen LogP contribution in [0.4, 0.5) is 10.6 Å². The van der Waals surface area contributed by atoms with Crippen LogP contribution in [0, 0.1) is 3.57 Å². The number of rotatable bonds is 5. The van der Waals surface area contributed by atoms with Gasteiger partial charge < -0.3 is 20.4 Å². The fourth-order valence-corrected chi connectivity index (χ4v) is 2.98. The van der Waals surface area contributed by atoms with Crippen LogP contribution in [0.25, 0.3) is 11.0 Å². The SMILES string of the molecule is [2H]C([C@H](CC=C)NC(=O)OC(C)(C)C)n1cc(I)c2c(N)ncnc21. The van der Waals surface area contributed by atoms with Crippen LogP contribution in [0.3, 0.4) is 0 Å². The molecule has 0 spiro atoms. The normalized spacial score (nSPS) is 14.8. The smallest absolute Gasteiger partial charge is 0.407 e. The zero-order valence-corrected chi connectivity index (χ0v) is 16.1. The van der Waals surface area contributed by atoms with Crippen molar-refractivity contribution in [2.24, 2.45) is 0 Å². The molecule has 2 aromatic heterocycles. The molecule has 8 heteroatoms. The molecule has 1 amide bonds. The first-order valence-electron chi connectivity index (χ1n) is 8.01. The minimum atomic E-state index is -0.828. The standard InChI is InChI=1S/C16H22IN5O2/c1-5-6-10(21-15(23)24-16(2,3)4)7-22-8-11(17)12-13(18)19-9-20-14(12)22/h5,8-10H,1,6-7H2,2-4H3,(H,21,23)(H2,18,19,20)/t10-/m0/s1/i7D/t7?,10-. The molecule has 0 saturated heterocycles. The van der Waals surface area contributed by atoms with E-state index in [1.54, 1.807) is 37.6 Å². The van der Waals surface area contributed by atoms with Crippen LogP contribution in [0.1, 0.15) is 28.6 Å². The number of carbonyl (C=O) groups is 1. The number of nitrogens with two attached hydrogens (primary N) is 1. The summed E-state index contributed by atoms with van der Waals surface area (Å²) in [4.78, 5) is 20.3. The number of nitrogen functional groups attached to an aromatic ring is 1.